The van der Waals surface area contributed by atoms with E-state index in [2.05, 4.69) is 21.3 Å². The SMILES string of the molecule is C[C@@H]1NC(=O)N[C@H]2NC(=O)NC[C@@H]21. The van der Waals surface area contributed by atoms with E-state index in [4.69, 9.17) is 0 Å². The van der Waals surface area contributed by atoms with Gasteiger partial charge in [-0.05, 0) is 6.92 Å². The van der Waals surface area contributed by atoms with Crippen molar-refractivity contribution in [1.29, 1.82) is 0 Å². The highest BCUT2D eigenvalue weighted by molar-refractivity contribution is 5.79. The first-order valence-corrected chi connectivity index (χ1v) is 4.28. The Bertz CT molecular complexity index is 253. The van der Waals surface area contributed by atoms with Crippen LogP contribution in [0, 0.1) is 5.92 Å². The lowest BCUT2D eigenvalue weighted by Gasteiger charge is -2.40. The molecule has 4 amide bonds. The molecular formula is C7H12N4O2. The third-order valence-electron chi connectivity index (χ3n) is 2.50. The maximum absolute atomic E-state index is 11.0. The van der Waals surface area contributed by atoms with Gasteiger partial charge in [0, 0.05) is 18.5 Å². The Morgan fingerprint density at radius 2 is 1.85 bits per heavy atom. The van der Waals surface area contributed by atoms with Crippen molar-refractivity contribution in [2.75, 3.05) is 6.54 Å². The zero-order valence-electron chi connectivity index (χ0n) is 7.26. The summed E-state index contributed by atoms with van der Waals surface area (Å²) in [6.07, 6.45) is -0.238. The van der Waals surface area contributed by atoms with Gasteiger partial charge in [0.1, 0.15) is 6.17 Å². The van der Waals surface area contributed by atoms with Crippen LogP contribution in [-0.4, -0.2) is 30.8 Å². The van der Waals surface area contributed by atoms with Gasteiger partial charge in [0.2, 0.25) is 0 Å². The van der Waals surface area contributed by atoms with Crippen molar-refractivity contribution in [2.24, 2.45) is 5.92 Å². The summed E-state index contributed by atoms with van der Waals surface area (Å²) in [5, 5.41) is 10.8. The Kier molecular flexibility index (Phi) is 1.75. The van der Waals surface area contributed by atoms with Crippen LogP contribution < -0.4 is 21.3 Å². The highest BCUT2D eigenvalue weighted by atomic mass is 16.2. The molecule has 0 spiro atoms. The van der Waals surface area contributed by atoms with Crippen molar-refractivity contribution in [3.05, 3.63) is 0 Å². The smallest absolute Gasteiger partial charge is 0.316 e. The number of fused-ring (bicyclic) bond motifs is 1. The Labute approximate surface area is 75.4 Å². The summed E-state index contributed by atoms with van der Waals surface area (Å²) in [4.78, 5) is 22.0. The quantitative estimate of drug-likeness (QED) is 0.387. The van der Waals surface area contributed by atoms with Crippen molar-refractivity contribution in [1.82, 2.24) is 21.3 Å². The molecule has 2 heterocycles. The van der Waals surface area contributed by atoms with Crippen LogP contribution in [0.1, 0.15) is 6.92 Å². The van der Waals surface area contributed by atoms with E-state index in [1.54, 1.807) is 0 Å². The monoisotopic (exact) mass is 184 g/mol. The molecule has 3 atom stereocenters. The molecule has 0 aliphatic carbocycles. The fourth-order valence-electron chi connectivity index (χ4n) is 1.73. The van der Waals surface area contributed by atoms with E-state index < -0.39 is 0 Å². The average Bonchev–Trinajstić information content (AvgIpc) is 2.02. The van der Waals surface area contributed by atoms with Gasteiger partial charge in [0.15, 0.2) is 0 Å². The summed E-state index contributed by atoms with van der Waals surface area (Å²) < 4.78 is 0. The number of rotatable bonds is 0. The molecule has 0 aromatic heterocycles. The van der Waals surface area contributed by atoms with Crippen molar-refractivity contribution in [3.8, 4) is 0 Å². The van der Waals surface area contributed by atoms with Crippen LogP contribution in [0.15, 0.2) is 0 Å². The molecule has 0 aromatic carbocycles. The largest absolute Gasteiger partial charge is 0.338 e. The summed E-state index contributed by atoms with van der Waals surface area (Å²) in [7, 11) is 0. The minimum atomic E-state index is -0.238. The number of carbonyl (C=O) groups is 2. The topological polar surface area (TPSA) is 82.3 Å². The first-order valence-electron chi connectivity index (χ1n) is 4.28. The predicted molar refractivity (Wildman–Crippen MR) is 44.9 cm³/mol. The summed E-state index contributed by atoms with van der Waals surface area (Å²) in [5.74, 6) is 0.204. The standard InChI is InChI=1S/C7H12N4O2/c1-3-4-2-8-6(12)10-5(4)11-7(13)9-3/h3-5H,2H2,1H3,(H2,8,10,12)(H2,9,11,13)/t3-,4+,5+/m0/s1. The molecule has 0 saturated carbocycles. The Balaban J connectivity index is 2.10. The van der Waals surface area contributed by atoms with Gasteiger partial charge in [-0.2, -0.15) is 0 Å². The summed E-state index contributed by atoms with van der Waals surface area (Å²) in [6.45, 7) is 2.51. The van der Waals surface area contributed by atoms with Gasteiger partial charge in [-0.25, -0.2) is 9.59 Å². The normalized spacial score (nSPS) is 37.8. The molecule has 13 heavy (non-hydrogen) atoms. The van der Waals surface area contributed by atoms with Gasteiger partial charge in [-0.3, -0.25) is 0 Å². The second-order valence-electron chi connectivity index (χ2n) is 3.40. The molecule has 2 aliphatic heterocycles. The van der Waals surface area contributed by atoms with Crippen molar-refractivity contribution in [2.45, 2.75) is 19.1 Å². The van der Waals surface area contributed by atoms with E-state index in [0.717, 1.165) is 0 Å². The van der Waals surface area contributed by atoms with E-state index in [1.165, 1.54) is 0 Å². The van der Waals surface area contributed by atoms with Gasteiger partial charge in [-0.1, -0.05) is 0 Å². The van der Waals surface area contributed by atoms with Gasteiger partial charge in [0.05, 0.1) is 0 Å². The fourth-order valence-corrected chi connectivity index (χ4v) is 1.73. The Morgan fingerprint density at radius 3 is 2.62 bits per heavy atom. The lowest BCUT2D eigenvalue weighted by molar-refractivity contribution is 0.161. The highest BCUT2D eigenvalue weighted by Crippen LogP contribution is 2.13. The average molecular weight is 184 g/mol. The second-order valence-corrected chi connectivity index (χ2v) is 3.40. The van der Waals surface area contributed by atoms with Crippen LogP contribution in [-0.2, 0) is 0 Å². The van der Waals surface area contributed by atoms with Crippen molar-refractivity contribution in [3.63, 3.8) is 0 Å². The zero-order valence-corrected chi connectivity index (χ0v) is 7.26. The number of hydrogen-bond acceptors (Lipinski definition) is 2. The van der Waals surface area contributed by atoms with E-state index >= 15 is 0 Å². The zero-order chi connectivity index (χ0) is 9.42. The molecule has 0 unspecified atom stereocenters. The minimum Gasteiger partial charge on any atom is -0.338 e. The molecule has 6 nitrogen and oxygen atoms in total. The van der Waals surface area contributed by atoms with Gasteiger partial charge in [-0.15, -0.1) is 0 Å². The van der Waals surface area contributed by atoms with Gasteiger partial charge in [0.25, 0.3) is 0 Å². The molecule has 4 N–H and O–H groups in total. The molecule has 2 saturated heterocycles. The Hall–Kier alpha value is -1.46. The van der Waals surface area contributed by atoms with E-state index in [-0.39, 0.29) is 30.2 Å². The second kappa shape index (κ2) is 2.79. The van der Waals surface area contributed by atoms with E-state index in [9.17, 15) is 9.59 Å². The number of nitrogens with one attached hydrogen (secondary N) is 4. The maximum atomic E-state index is 11.0. The van der Waals surface area contributed by atoms with Gasteiger partial charge >= 0.3 is 12.1 Å². The summed E-state index contributed by atoms with van der Waals surface area (Å²) >= 11 is 0. The minimum absolute atomic E-state index is 0.0758. The highest BCUT2D eigenvalue weighted by Gasteiger charge is 2.37. The Morgan fingerprint density at radius 1 is 1.15 bits per heavy atom. The molecular weight excluding hydrogens is 172 g/mol. The van der Waals surface area contributed by atoms with E-state index in [1.807, 2.05) is 6.92 Å². The molecule has 0 aromatic rings. The third-order valence-corrected chi connectivity index (χ3v) is 2.50. The summed E-state index contributed by atoms with van der Waals surface area (Å²) in [6, 6.07) is -0.376. The van der Waals surface area contributed by atoms with Crippen LogP contribution in [0.3, 0.4) is 0 Å². The molecule has 2 aliphatic rings. The first kappa shape index (κ1) is 8.15. The van der Waals surface area contributed by atoms with Crippen LogP contribution in [0.25, 0.3) is 0 Å². The maximum Gasteiger partial charge on any atom is 0.316 e. The molecule has 0 bridgehead atoms. The predicted octanol–water partition coefficient (Wildman–Crippen LogP) is -1.06. The molecule has 2 fully saturated rings. The number of amides is 4. The molecule has 2 rings (SSSR count). The molecule has 6 heteroatoms. The molecule has 0 radical (unpaired) electrons. The lowest BCUT2D eigenvalue weighted by Crippen LogP contribution is -2.71. The third kappa shape index (κ3) is 1.39. The number of urea groups is 2. The summed E-state index contributed by atoms with van der Waals surface area (Å²) in [5.41, 5.74) is 0. The van der Waals surface area contributed by atoms with Crippen molar-refractivity contribution < 1.29 is 9.59 Å². The van der Waals surface area contributed by atoms with Gasteiger partial charge < -0.3 is 21.3 Å². The van der Waals surface area contributed by atoms with Crippen molar-refractivity contribution >= 4 is 12.1 Å². The van der Waals surface area contributed by atoms with Crippen LogP contribution in [0.4, 0.5) is 9.59 Å². The van der Waals surface area contributed by atoms with Crippen LogP contribution in [0.5, 0.6) is 0 Å². The van der Waals surface area contributed by atoms with E-state index in [0.29, 0.717) is 6.54 Å². The first-order chi connectivity index (χ1) is 6.16. The number of carbonyl (C=O) groups excluding carboxylic acids is 2. The molecule has 72 valence electrons. The number of hydrogen-bond donors (Lipinski definition) is 4. The lowest BCUT2D eigenvalue weighted by atomic mass is 9.94. The fraction of sp³-hybridized carbons (Fsp3) is 0.714. The van der Waals surface area contributed by atoms with Crippen LogP contribution >= 0.6 is 0 Å². The van der Waals surface area contributed by atoms with Crippen LogP contribution in [0.2, 0.25) is 0 Å².